The Hall–Kier alpha value is -0.120. The van der Waals surface area contributed by atoms with Gasteiger partial charge >= 0.3 is 0 Å². The second kappa shape index (κ2) is 5.28. The number of rotatable bonds is 4. The summed E-state index contributed by atoms with van der Waals surface area (Å²) in [7, 11) is 2.18. The summed E-state index contributed by atoms with van der Waals surface area (Å²) in [5, 5.41) is 13.4. The lowest BCUT2D eigenvalue weighted by molar-refractivity contribution is 0.0477. The first kappa shape index (κ1) is 12.9. The Bertz CT molecular complexity index is 194. The molecule has 0 radical (unpaired) electrons. The Morgan fingerprint density at radius 3 is 2.73 bits per heavy atom. The fourth-order valence-electron chi connectivity index (χ4n) is 1.96. The summed E-state index contributed by atoms with van der Waals surface area (Å²) in [6.07, 6.45) is 3.19. The third kappa shape index (κ3) is 4.09. The highest BCUT2D eigenvalue weighted by Gasteiger charge is 2.25. The van der Waals surface area contributed by atoms with Crippen molar-refractivity contribution in [2.75, 3.05) is 20.1 Å². The van der Waals surface area contributed by atoms with Crippen LogP contribution >= 0.6 is 0 Å². The molecule has 3 heteroatoms. The molecule has 3 atom stereocenters. The Kier molecular flexibility index (Phi) is 4.56. The molecule has 1 heterocycles. The number of piperidine rings is 1. The van der Waals surface area contributed by atoms with Crippen LogP contribution in [0.15, 0.2) is 0 Å². The SMILES string of the molecule is CCC(C)(O)CNC1CCN(C)C(C)C1. The molecule has 1 rings (SSSR count). The van der Waals surface area contributed by atoms with Crippen molar-refractivity contribution >= 4 is 0 Å². The third-order valence-electron chi connectivity index (χ3n) is 3.74. The summed E-state index contributed by atoms with van der Waals surface area (Å²) in [4.78, 5) is 2.40. The predicted octanol–water partition coefficient (Wildman–Crippen LogP) is 1.22. The average molecular weight is 214 g/mol. The van der Waals surface area contributed by atoms with Crippen LogP contribution in [0.1, 0.15) is 40.0 Å². The van der Waals surface area contributed by atoms with Crippen LogP contribution in [0, 0.1) is 0 Å². The van der Waals surface area contributed by atoms with E-state index in [1.54, 1.807) is 0 Å². The van der Waals surface area contributed by atoms with E-state index in [-0.39, 0.29) is 0 Å². The number of nitrogens with zero attached hydrogens (tertiary/aromatic N) is 1. The molecular weight excluding hydrogens is 188 g/mol. The van der Waals surface area contributed by atoms with Gasteiger partial charge in [-0.05, 0) is 46.7 Å². The summed E-state index contributed by atoms with van der Waals surface area (Å²) in [6, 6.07) is 1.23. The van der Waals surface area contributed by atoms with Gasteiger partial charge in [-0.15, -0.1) is 0 Å². The topological polar surface area (TPSA) is 35.5 Å². The Labute approximate surface area is 93.9 Å². The zero-order valence-corrected chi connectivity index (χ0v) is 10.6. The van der Waals surface area contributed by atoms with E-state index >= 15 is 0 Å². The maximum absolute atomic E-state index is 9.90. The lowest BCUT2D eigenvalue weighted by atomic mass is 9.97. The van der Waals surface area contributed by atoms with Gasteiger partial charge in [0.15, 0.2) is 0 Å². The van der Waals surface area contributed by atoms with Gasteiger partial charge in [-0.3, -0.25) is 0 Å². The number of hydrogen-bond acceptors (Lipinski definition) is 3. The van der Waals surface area contributed by atoms with Gasteiger partial charge in [0.05, 0.1) is 5.60 Å². The van der Waals surface area contributed by atoms with E-state index in [4.69, 9.17) is 0 Å². The molecule has 0 aromatic heterocycles. The average Bonchev–Trinajstić information content (AvgIpc) is 2.20. The van der Waals surface area contributed by atoms with Crippen molar-refractivity contribution in [2.45, 2.75) is 57.7 Å². The quantitative estimate of drug-likeness (QED) is 0.738. The monoisotopic (exact) mass is 214 g/mol. The van der Waals surface area contributed by atoms with Crippen molar-refractivity contribution in [3.05, 3.63) is 0 Å². The van der Waals surface area contributed by atoms with Crippen LogP contribution in [-0.4, -0.2) is 47.8 Å². The van der Waals surface area contributed by atoms with Crippen molar-refractivity contribution in [1.82, 2.24) is 10.2 Å². The van der Waals surface area contributed by atoms with Crippen LogP contribution in [-0.2, 0) is 0 Å². The molecule has 1 aliphatic heterocycles. The van der Waals surface area contributed by atoms with Crippen LogP contribution in [0.2, 0.25) is 0 Å². The van der Waals surface area contributed by atoms with E-state index in [1.165, 1.54) is 12.8 Å². The minimum atomic E-state index is -0.549. The number of likely N-dealkylation sites (tertiary alicyclic amines) is 1. The Morgan fingerprint density at radius 2 is 2.20 bits per heavy atom. The zero-order chi connectivity index (χ0) is 11.5. The first-order chi connectivity index (χ1) is 6.94. The molecule has 15 heavy (non-hydrogen) atoms. The van der Waals surface area contributed by atoms with Crippen LogP contribution in [0.3, 0.4) is 0 Å². The number of hydrogen-bond donors (Lipinski definition) is 2. The summed E-state index contributed by atoms with van der Waals surface area (Å²) < 4.78 is 0. The van der Waals surface area contributed by atoms with Crippen LogP contribution in [0.5, 0.6) is 0 Å². The lowest BCUT2D eigenvalue weighted by Crippen LogP contribution is -2.49. The van der Waals surface area contributed by atoms with Crippen molar-refractivity contribution in [1.29, 1.82) is 0 Å². The molecule has 0 aromatic rings. The second-order valence-corrected chi connectivity index (χ2v) is 5.28. The first-order valence-corrected chi connectivity index (χ1v) is 6.10. The van der Waals surface area contributed by atoms with Crippen molar-refractivity contribution < 1.29 is 5.11 Å². The molecule has 90 valence electrons. The highest BCUT2D eigenvalue weighted by Crippen LogP contribution is 2.16. The lowest BCUT2D eigenvalue weighted by Gasteiger charge is -2.36. The molecule has 1 saturated heterocycles. The van der Waals surface area contributed by atoms with E-state index in [1.807, 2.05) is 13.8 Å². The minimum Gasteiger partial charge on any atom is -0.389 e. The third-order valence-corrected chi connectivity index (χ3v) is 3.74. The summed E-state index contributed by atoms with van der Waals surface area (Å²) in [5.74, 6) is 0. The van der Waals surface area contributed by atoms with Gasteiger partial charge in [0.1, 0.15) is 0 Å². The summed E-state index contributed by atoms with van der Waals surface area (Å²) >= 11 is 0. The van der Waals surface area contributed by atoms with E-state index < -0.39 is 5.60 Å². The van der Waals surface area contributed by atoms with E-state index in [9.17, 15) is 5.11 Å². The van der Waals surface area contributed by atoms with Gasteiger partial charge in [0.2, 0.25) is 0 Å². The van der Waals surface area contributed by atoms with Gasteiger partial charge in [0, 0.05) is 18.6 Å². The molecule has 0 bridgehead atoms. The molecule has 0 spiro atoms. The molecule has 0 saturated carbocycles. The second-order valence-electron chi connectivity index (χ2n) is 5.28. The summed E-state index contributed by atoms with van der Waals surface area (Å²) in [5.41, 5.74) is -0.549. The molecule has 0 amide bonds. The van der Waals surface area contributed by atoms with Crippen LogP contribution in [0.25, 0.3) is 0 Å². The van der Waals surface area contributed by atoms with Gasteiger partial charge in [0.25, 0.3) is 0 Å². The van der Waals surface area contributed by atoms with Gasteiger partial charge in [-0.1, -0.05) is 6.92 Å². The molecule has 3 unspecified atom stereocenters. The number of nitrogens with one attached hydrogen (secondary N) is 1. The summed E-state index contributed by atoms with van der Waals surface area (Å²) in [6.45, 7) is 8.07. The first-order valence-electron chi connectivity index (χ1n) is 6.10. The van der Waals surface area contributed by atoms with Crippen molar-refractivity contribution in [2.24, 2.45) is 0 Å². The highest BCUT2D eigenvalue weighted by molar-refractivity contribution is 4.84. The highest BCUT2D eigenvalue weighted by atomic mass is 16.3. The Morgan fingerprint density at radius 1 is 1.53 bits per heavy atom. The fourth-order valence-corrected chi connectivity index (χ4v) is 1.96. The maximum Gasteiger partial charge on any atom is 0.0741 e. The molecule has 1 aliphatic rings. The van der Waals surface area contributed by atoms with Gasteiger partial charge < -0.3 is 15.3 Å². The van der Waals surface area contributed by atoms with E-state index in [2.05, 4.69) is 24.2 Å². The van der Waals surface area contributed by atoms with Crippen LogP contribution in [0.4, 0.5) is 0 Å². The van der Waals surface area contributed by atoms with Crippen molar-refractivity contribution in [3.8, 4) is 0 Å². The molecule has 3 nitrogen and oxygen atoms in total. The largest absolute Gasteiger partial charge is 0.389 e. The van der Waals surface area contributed by atoms with Gasteiger partial charge in [-0.2, -0.15) is 0 Å². The molecule has 1 fully saturated rings. The minimum absolute atomic E-state index is 0.549. The van der Waals surface area contributed by atoms with Gasteiger partial charge in [-0.25, -0.2) is 0 Å². The van der Waals surface area contributed by atoms with Crippen molar-refractivity contribution in [3.63, 3.8) is 0 Å². The number of aliphatic hydroxyl groups is 1. The standard InChI is InChI=1S/C12H26N2O/c1-5-12(3,15)9-13-11-6-7-14(4)10(2)8-11/h10-11,13,15H,5-9H2,1-4H3. The van der Waals surface area contributed by atoms with E-state index in [0.29, 0.717) is 18.6 Å². The smallest absolute Gasteiger partial charge is 0.0741 e. The Balaban J connectivity index is 2.28. The molecular formula is C12H26N2O. The maximum atomic E-state index is 9.90. The van der Waals surface area contributed by atoms with E-state index in [0.717, 1.165) is 13.0 Å². The fraction of sp³-hybridized carbons (Fsp3) is 1.00. The zero-order valence-electron chi connectivity index (χ0n) is 10.6. The molecule has 2 N–H and O–H groups in total. The molecule has 0 aliphatic carbocycles. The molecule has 0 aromatic carbocycles. The predicted molar refractivity (Wildman–Crippen MR) is 64.0 cm³/mol. The van der Waals surface area contributed by atoms with Crippen LogP contribution < -0.4 is 5.32 Å². The normalized spacial score (nSPS) is 32.6.